The summed E-state index contributed by atoms with van der Waals surface area (Å²) in [6, 6.07) is 11.1. The fourth-order valence-electron chi connectivity index (χ4n) is 1.56. The van der Waals surface area contributed by atoms with E-state index in [0.717, 1.165) is 5.56 Å². The van der Waals surface area contributed by atoms with Crippen LogP contribution in [0.2, 0.25) is 0 Å². The molecule has 0 bridgehead atoms. The van der Waals surface area contributed by atoms with E-state index < -0.39 is 5.97 Å². The molecule has 0 radical (unpaired) electrons. The smallest absolute Gasteiger partial charge is 0.356 e. The van der Waals surface area contributed by atoms with Crippen LogP contribution in [0.1, 0.15) is 21.6 Å². The van der Waals surface area contributed by atoms with E-state index >= 15 is 0 Å². The first-order valence-corrected chi connectivity index (χ1v) is 5.51. The van der Waals surface area contributed by atoms with Crippen molar-refractivity contribution in [2.75, 3.05) is 5.32 Å². The molecule has 1 aromatic carbocycles. The number of aromatic carboxylic acids is 1. The summed E-state index contributed by atoms with van der Waals surface area (Å²) >= 11 is 0. The zero-order valence-electron chi connectivity index (χ0n) is 9.92. The van der Waals surface area contributed by atoms with Crippen molar-refractivity contribution in [1.82, 2.24) is 10.2 Å². The highest BCUT2D eigenvalue weighted by atomic mass is 16.4. The number of hydrogen-bond donors (Lipinski definition) is 2. The van der Waals surface area contributed by atoms with E-state index in [0.29, 0.717) is 12.4 Å². The average Bonchev–Trinajstić information content (AvgIpc) is 2.37. The Kier molecular flexibility index (Phi) is 3.52. The summed E-state index contributed by atoms with van der Waals surface area (Å²) in [6.07, 6.45) is 0. The molecule has 92 valence electrons. The summed E-state index contributed by atoms with van der Waals surface area (Å²) in [6.45, 7) is 2.66. The van der Waals surface area contributed by atoms with Gasteiger partial charge in [0, 0.05) is 6.54 Å². The van der Waals surface area contributed by atoms with Crippen LogP contribution in [0.3, 0.4) is 0 Å². The Bertz CT molecular complexity index is 552. The SMILES string of the molecule is Cc1cccc(CNc2ccc(C(=O)O)nn2)c1. The number of nitrogens with zero attached hydrogens (tertiary/aromatic N) is 2. The van der Waals surface area contributed by atoms with Crippen molar-refractivity contribution < 1.29 is 9.90 Å². The van der Waals surface area contributed by atoms with Gasteiger partial charge in [0.25, 0.3) is 0 Å². The van der Waals surface area contributed by atoms with Crippen LogP contribution in [0.4, 0.5) is 5.82 Å². The molecule has 1 heterocycles. The van der Waals surface area contributed by atoms with Gasteiger partial charge in [-0.25, -0.2) is 4.79 Å². The van der Waals surface area contributed by atoms with E-state index in [1.165, 1.54) is 11.6 Å². The van der Waals surface area contributed by atoms with Crippen molar-refractivity contribution in [3.63, 3.8) is 0 Å². The third-order valence-corrected chi connectivity index (χ3v) is 2.44. The van der Waals surface area contributed by atoms with Crippen molar-refractivity contribution in [3.8, 4) is 0 Å². The second kappa shape index (κ2) is 5.27. The summed E-state index contributed by atoms with van der Waals surface area (Å²) in [5.74, 6) is -0.519. The third-order valence-electron chi connectivity index (χ3n) is 2.44. The maximum atomic E-state index is 10.6. The Morgan fingerprint density at radius 3 is 2.72 bits per heavy atom. The largest absolute Gasteiger partial charge is 0.476 e. The van der Waals surface area contributed by atoms with Crippen molar-refractivity contribution in [3.05, 3.63) is 53.2 Å². The molecule has 1 aromatic heterocycles. The molecule has 0 unspecified atom stereocenters. The molecule has 2 rings (SSSR count). The van der Waals surface area contributed by atoms with E-state index in [2.05, 4.69) is 21.6 Å². The van der Waals surface area contributed by atoms with Gasteiger partial charge >= 0.3 is 5.97 Å². The molecule has 0 amide bonds. The maximum absolute atomic E-state index is 10.6. The Hall–Kier alpha value is -2.43. The van der Waals surface area contributed by atoms with E-state index in [-0.39, 0.29) is 5.69 Å². The van der Waals surface area contributed by atoms with Crippen LogP contribution in [0, 0.1) is 6.92 Å². The summed E-state index contributed by atoms with van der Waals surface area (Å²) in [5, 5.41) is 19.2. The number of nitrogens with one attached hydrogen (secondary N) is 1. The predicted octanol–water partition coefficient (Wildman–Crippen LogP) is 2.10. The monoisotopic (exact) mass is 243 g/mol. The van der Waals surface area contributed by atoms with Gasteiger partial charge in [0.05, 0.1) is 0 Å². The standard InChI is InChI=1S/C13H13N3O2/c1-9-3-2-4-10(7-9)8-14-12-6-5-11(13(17)18)15-16-12/h2-7H,8H2,1H3,(H,14,16)(H,17,18). The number of rotatable bonds is 4. The zero-order valence-corrected chi connectivity index (χ0v) is 9.92. The molecular formula is C13H13N3O2. The molecule has 0 atom stereocenters. The number of aromatic nitrogens is 2. The summed E-state index contributed by atoms with van der Waals surface area (Å²) < 4.78 is 0. The minimum absolute atomic E-state index is 0.0592. The second-order valence-electron chi connectivity index (χ2n) is 3.95. The van der Waals surface area contributed by atoms with Crippen molar-refractivity contribution in [2.45, 2.75) is 13.5 Å². The summed E-state index contributed by atoms with van der Waals surface area (Å²) in [4.78, 5) is 10.6. The molecule has 0 saturated carbocycles. The van der Waals surface area contributed by atoms with Crippen molar-refractivity contribution >= 4 is 11.8 Å². The zero-order chi connectivity index (χ0) is 13.0. The Morgan fingerprint density at radius 1 is 1.28 bits per heavy atom. The van der Waals surface area contributed by atoms with Gasteiger partial charge in [0.15, 0.2) is 5.69 Å². The van der Waals surface area contributed by atoms with Crippen LogP contribution in [0.25, 0.3) is 0 Å². The lowest BCUT2D eigenvalue weighted by atomic mass is 10.1. The number of carboxylic acids is 1. The van der Waals surface area contributed by atoms with Crippen LogP contribution < -0.4 is 5.32 Å². The average molecular weight is 243 g/mol. The number of carbonyl (C=O) groups is 1. The van der Waals surface area contributed by atoms with Crippen LogP contribution in [-0.2, 0) is 6.54 Å². The van der Waals surface area contributed by atoms with E-state index in [1.54, 1.807) is 6.07 Å². The number of anilines is 1. The number of benzene rings is 1. The lowest BCUT2D eigenvalue weighted by Crippen LogP contribution is -2.06. The Morgan fingerprint density at radius 2 is 2.11 bits per heavy atom. The van der Waals surface area contributed by atoms with E-state index in [4.69, 9.17) is 5.11 Å². The van der Waals surface area contributed by atoms with Gasteiger partial charge in [-0.3, -0.25) is 0 Å². The molecule has 0 aliphatic rings. The molecule has 0 aliphatic heterocycles. The topological polar surface area (TPSA) is 75.1 Å². The molecule has 2 N–H and O–H groups in total. The number of carboxylic acid groups (broad SMARTS) is 1. The Balaban J connectivity index is 2.00. The molecule has 18 heavy (non-hydrogen) atoms. The first-order chi connectivity index (χ1) is 8.65. The quantitative estimate of drug-likeness (QED) is 0.860. The predicted molar refractivity (Wildman–Crippen MR) is 67.5 cm³/mol. The number of aryl methyl sites for hydroxylation is 1. The van der Waals surface area contributed by atoms with Crippen molar-refractivity contribution in [2.24, 2.45) is 0 Å². The first kappa shape index (κ1) is 12.0. The Labute approximate surface area is 104 Å². The lowest BCUT2D eigenvalue weighted by molar-refractivity contribution is 0.0689. The summed E-state index contributed by atoms with van der Waals surface area (Å²) in [5.41, 5.74) is 2.27. The lowest BCUT2D eigenvalue weighted by Gasteiger charge is -2.05. The second-order valence-corrected chi connectivity index (χ2v) is 3.95. The highest BCUT2D eigenvalue weighted by Crippen LogP contribution is 2.07. The molecule has 5 nitrogen and oxygen atoms in total. The van der Waals surface area contributed by atoms with Crippen LogP contribution in [-0.4, -0.2) is 21.3 Å². The number of hydrogen-bond acceptors (Lipinski definition) is 4. The van der Waals surface area contributed by atoms with Gasteiger partial charge in [-0.1, -0.05) is 29.8 Å². The molecule has 2 aromatic rings. The molecule has 0 spiro atoms. The van der Waals surface area contributed by atoms with Crippen molar-refractivity contribution in [1.29, 1.82) is 0 Å². The van der Waals surface area contributed by atoms with Gasteiger partial charge in [-0.15, -0.1) is 10.2 Å². The van der Waals surface area contributed by atoms with E-state index in [1.807, 2.05) is 25.1 Å². The van der Waals surface area contributed by atoms with Gasteiger partial charge < -0.3 is 10.4 Å². The third kappa shape index (κ3) is 3.04. The fraction of sp³-hybridized carbons (Fsp3) is 0.154. The van der Waals surface area contributed by atoms with Gasteiger partial charge in [0.1, 0.15) is 5.82 Å². The van der Waals surface area contributed by atoms with Gasteiger partial charge in [-0.2, -0.15) is 0 Å². The molecule has 5 heteroatoms. The van der Waals surface area contributed by atoms with E-state index in [9.17, 15) is 4.79 Å². The molecule has 0 aliphatic carbocycles. The maximum Gasteiger partial charge on any atom is 0.356 e. The summed E-state index contributed by atoms with van der Waals surface area (Å²) in [7, 11) is 0. The highest BCUT2D eigenvalue weighted by molar-refractivity contribution is 5.85. The molecule has 0 fully saturated rings. The molecule has 0 saturated heterocycles. The van der Waals surface area contributed by atoms with Crippen LogP contribution >= 0.6 is 0 Å². The van der Waals surface area contributed by atoms with Crippen LogP contribution in [0.5, 0.6) is 0 Å². The van der Waals surface area contributed by atoms with Crippen LogP contribution in [0.15, 0.2) is 36.4 Å². The first-order valence-electron chi connectivity index (χ1n) is 5.51. The highest BCUT2D eigenvalue weighted by Gasteiger charge is 2.04. The minimum Gasteiger partial charge on any atom is -0.476 e. The normalized spacial score (nSPS) is 10.1. The minimum atomic E-state index is -1.08. The molecular weight excluding hydrogens is 230 g/mol. The van der Waals surface area contributed by atoms with Gasteiger partial charge in [0.2, 0.25) is 0 Å². The van der Waals surface area contributed by atoms with Gasteiger partial charge in [-0.05, 0) is 24.6 Å². The fourth-order valence-corrected chi connectivity index (χ4v) is 1.56.